The smallest absolute Gasteiger partial charge is 0.175 e. The molecule has 0 aromatic heterocycles. The molecule has 0 amide bonds. The van der Waals surface area contributed by atoms with Crippen LogP contribution in [0.5, 0.6) is 0 Å². The van der Waals surface area contributed by atoms with E-state index in [9.17, 15) is 8.42 Å². The number of allylic oxidation sites excluding steroid dienone is 4. The quantitative estimate of drug-likeness (QED) is 0.425. The summed E-state index contributed by atoms with van der Waals surface area (Å²) in [6.07, 6.45) is 8.03. The summed E-state index contributed by atoms with van der Waals surface area (Å²) >= 11 is 0. The molecule has 3 heteroatoms. The Morgan fingerprint density at radius 1 is 1.24 bits per heavy atom. The van der Waals surface area contributed by atoms with Gasteiger partial charge in [0.05, 0.1) is 4.91 Å². The molecular weight excluding hydrogens is 232 g/mol. The van der Waals surface area contributed by atoms with Crippen LogP contribution in [0.2, 0.25) is 0 Å². The molecule has 0 rings (SSSR count). The van der Waals surface area contributed by atoms with Crippen molar-refractivity contribution in [3.8, 4) is 0 Å². The molecule has 0 aromatic carbocycles. The predicted octanol–water partition coefficient (Wildman–Crippen LogP) is 3.78. The van der Waals surface area contributed by atoms with Crippen LogP contribution < -0.4 is 0 Å². The molecule has 96 valence electrons. The Morgan fingerprint density at radius 3 is 2.24 bits per heavy atom. The van der Waals surface area contributed by atoms with Gasteiger partial charge in [-0.1, -0.05) is 24.1 Å². The predicted molar refractivity (Wildman–Crippen MR) is 74.5 cm³/mol. The van der Waals surface area contributed by atoms with Gasteiger partial charge in [-0.05, 0) is 45.8 Å². The molecule has 0 bridgehead atoms. The highest BCUT2D eigenvalue weighted by molar-refractivity contribution is 7.94. The maximum Gasteiger partial charge on any atom is 0.175 e. The molecule has 0 spiro atoms. The molecule has 0 radical (unpaired) electrons. The number of hydrogen-bond acceptors (Lipinski definition) is 2. The van der Waals surface area contributed by atoms with E-state index in [1.165, 1.54) is 23.5 Å². The van der Waals surface area contributed by atoms with E-state index in [0.717, 1.165) is 12.8 Å². The van der Waals surface area contributed by atoms with Crippen LogP contribution in [0, 0.1) is 0 Å². The zero-order valence-electron chi connectivity index (χ0n) is 11.4. The van der Waals surface area contributed by atoms with E-state index < -0.39 is 9.84 Å². The van der Waals surface area contributed by atoms with Crippen LogP contribution in [-0.2, 0) is 9.84 Å². The largest absolute Gasteiger partial charge is 0.224 e. The Hall–Kier alpha value is -1.05. The molecule has 0 N–H and O–H groups in total. The molecule has 17 heavy (non-hydrogen) atoms. The first kappa shape index (κ1) is 16.0. The van der Waals surface area contributed by atoms with Gasteiger partial charge in [-0.2, -0.15) is 0 Å². The lowest BCUT2D eigenvalue weighted by Crippen LogP contribution is -1.97. The molecule has 0 aliphatic carbocycles. The van der Waals surface area contributed by atoms with Gasteiger partial charge in [0.2, 0.25) is 0 Å². The van der Waals surface area contributed by atoms with Gasteiger partial charge in [-0.15, -0.1) is 5.73 Å². The molecular formula is C14H22O2S. The van der Waals surface area contributed by atoms with Crippen molar-refractivity contribution in [1.29, 1.82) is 0 Å². The first-order chi connectivity index (χ1) is 7.82. The van der Waals surface area contributed by atoms with E-state index in [4.69, 9.17) is 0 Å². The molecule has 0 aliphatic heterocycles. The lowest BCUT2D eigenvalue weighted by molar-refractivity contribution is 0.608. The summed E-state index contributed by atoms with van der Waals surface area (Å²) in [5.74, 6) is 0. The Morgan fingerprint density at radius 2 is 1.82 bits per heavy atom. The lowest BCUT2D eigenvalue weighted by atomic mass is 10.1. The van der Waals surface area contributed by atoms with Gasteiger partial charge < -0.3 is 0 Å². The average molecular weight is 254 g/mol. The van der Waals surface area contributed by atoms with Crippen molar-refractivity contribution in [1.82, 2.24) is 0 Å². The fourth-order valence-corrected chi connectivity index (χ4v) is 1.94. The third-order valence-electron chi connectivity index (χ3n) is 2.72. The van der Waals surface area contributed by atoms with Crippen LogP contribution in [-0.4, -0.2) is 14.7 Å². The minimum absolute atomic E-state index is 0.308. The fourth-order valence-electron chi connectivity index (χ4n) is 1.23. The molecule has 0 fully saturated rings. The van der Waals surface area contributed by atoms with Gasteiger partial charge in [0.1, 0.15) is 0 Å². The van der Waals surface area contributed by atoms with Crippen LogP contribution in [0.1, 0.15) is 40.5 Å². The Bertz CT molecular complexity index is 470. The molecule has 0 unspecified atom stereocenters. The second-order valence-corrected chi connectivity index (χ2v) is 6.11. The molecule has 0 atom stereocenters. The first-order valence-corrected chi connectivity index (χ1v) is 7.64. The summed E-state index contributed by atoms with van der Waals surface area (Å²) in [6, 6.07) is 0. The van der Waals surface area contributed by atoms with E-state index in [0.29, 0.717) is 4.91 Å². The number of rotatable bonds is 5. The third kappa shape index (κ3) is 6.30. The van der Waals surface area contributed by atoms with E-state index in [-0.39, 0.29) is 0 Å². The Kier molecular flexibility index (Phi) is 6.86. The van der Waals surface area contributed by atoms with Gasteiger partial charge in [0.25, 0.3) is 0 Å². The minimum atomic E-state index is -3.13. The van der Waals surface area contributed by atoms with Crippen LogP contribution in [0.4, 0.5) is 0 Å². The second kappa shape index (κ2) is 7.31. The molecule has 0 aliphatic rings. The van der Waals surface area contributed by atoms with Crippen LogP contribution in [0.25, 0.3) is 0 Å². The van der Waals surface area contributed by atoms with Crippen molar-refractivity contribution in [2.45, 2.75) is 40.5 Å². The zero-order chi connectivity index (χ0) is 13.5. The summed E-state index contributed by atoms with van der Waals surface area (Å²) in [5, 5.41) is 0. The number of hydrogen-bond donors (Lipinski definition) is 0. The minimum Gasteiger partial charge on any atom is -0.224 e. The SMILES string of the molecule is C/C=C(\C=C=CC/C(C)=C(/C)CC)S(C)(=O)=O. The van der Waals surface area contributed by atoms with Gasteiger partial charge in [-0.3, -0.25) is 0 Å². The number of sulfone groups is 1. The topological polar surface area (TPSA) is 34.1 Å². The summed E-state index contributed by atoms with van der Waals surface area (Å²) in [4.78, 5) is 0.308. The van der Waals surface area contributed by atoms with E-state index in [1.807, 2.05) is 6.08 Å². The summed E-state index contributed by atoms with van der Waals surface area (Å²) < 4.78 is 22.6. The van der Waals surface area contributed by atoms with Crippen molar-refractivity contribution in [2.75, 3.05) is 6.26 Å². The third-order valence-corrected chi connectivity index (χ3v) is 3.93. The van der Waals surface area contributed by atoms with Crippen molar-refractivity contribution in [2.24, 2.45) is 0 Å². The van der Waals surface area contributed by atoms with E-state index >= 15 is 0 Å². The monoisotopic (exact) mass is 254 g/mol. The lowest BCUT2D eigenvalue weighted by Gasteiger charge is -2.00. The van der Waals surface area contributed by atoms with Gasteiger partial charge >= 0.3 is 0 Å². The molecule has 0 saturated heterocycles. The Balaban J connectivity index is 4.77. The Labute approximate surface area is 105 Å². The van der Waals surface area contributed by atoms with Gasteiger partial charge in [0.15, 0.2) is 9.84 Å². The zero-order valence-corrected chi connectivity index (χ0v) is 12.2. The van der Waals surface area contributed by atoms with Crippen LogP contribution in [0.15, 0.2) is 40.0 Å². The maximum absolute atomic E-state index is 11.3. The molecule has 0 heterocycles. The van der Waals surface area contributed by atoms with Crippen molar-refractivity contribution in [3.05, 3.63) is 40.0 Å². The van der Waals surface area contributed by atoms with Crippen LogP contribution in [0.3, 0.4) is 0 Å². The molecule has 0 aromatic rings. The second-order valence-electron chi connectivity index (χ2n) is 4.10. The van der Waals surface area contributed by atoms with E-state index in [1.54, 1.807) is 13.0 Å². The van der Waals surface area contributed by atoms with Crippen molar-refractivity contribution in [3.63, 3.8) is 0 Å². The van der Waals surface area contributed by atoms with Crippen molar-refractivity contribution >= 4 is 9.84 Å². The average Bonchev–Trinajstić information content (AvgIpc) is 2.25. The van der Waals surface area contributed by atoms with Gasteiger partial charge in [0, 0.05) is 6.26 Å². The van der Waals surface area contributed by atoms with Crippen molar-refractivity contribution < 1.29 is 8.42 Å². The fraction of sp³-hybridized carbons (Fsp3) is 0.500. The van der Waals surface area contributed by atoms with Crippen LogP contribution >= 0.6 is 0 Å². The molecule has 2 nitrogen and oxygen atoms in total. The highest BCUT2D eigenvalue weighted by atomic mass is 32.2. The normalized spacial score (nSPS) is 13.8. The molecule has 0 saturated carbocycles. The van der Waals surface area contributed by atoms with E-state index in [2.05, 4.69) is 26.5 Å². The standard InChI is InChI=1S/C14H22O2S/c1-6-12(3)13(4)10-8-9-11-14(7-2)17(5,15)16/h7-8,11H,6,10H2,1-5H3/b13-12-,14-7+. The summed E-state index contributed by atoms with van der Waals surface area (Å²) in [6.45, 7) is 8.03. The highest BCUT2D eigenvalue weighted by Gasteiger charge is 2.04. The highest BCUT2D eigenvalue weighted by Crippen LogP contribution is 2.11. The first-order valence-electron chi connectivity index (χ1n) is 5.75. The summed E-state index contributed by atoms with van der Waals surface area (Å²) in [7, 11) is -3.13. The van der Waals surface area contributed by atoms with Gasteiger partial charge in [-0.25, -0.2) is 8.42 Å². The summed E-state index contributed by atoms with van der Waals surface area (Å²) in [5.41, 5.74) is 5.61. The maximum atomic E-state index is 11.3.